The second-order valence-corrected chi connectivity index (χ2v) is 3.66. The Bertz CT molecular complexity index is 206. The summed E-state index contributed by atoms with van der Waals surface area (Å²) in [4.78, 5) is 4.15. The molecule has 2 nitrogen and oxygen atoms in total. The van der Waals surface area contributed by atoms with Gasteiger partial charge in [-0.05, 0) is 6.42 Å². The summed E-state index contributed by atoms with van der Waals surface area (Å²) in [6.07, 6.45) is 9.80. The standard InChI is InChI=1S/C11H19NO/c1-3-4-5-6-7-10(2)11-8-13-9-12-11/h8-10H,3-7H2,1-2H3. The largest absolute Gasteiger partial charge is 0.451 e. The van der Waals surface area contributed by atoms with Crippen molar-refractivity contribution in [2.75, 3.05) is 0 Å². The van der Waals surface area contributed by atoms with Crippen molar-refractivity contribution in [1.82, 2.24) is 4.98 Å². The van der Waals surface area contributed by atoms with Crippen molar-refractivity contribution < 1.29 is 4.42 Å². The third-order valence-corrected chi connectivity index (χ3v) is 2.45. The van der Waals surface area contributed by atoms with Gasteiger partial charge in [-0.2, -0.15) is 0 Å². The molecule has 1 aromatic heterocycles. The van der Waals surface area contributed by atoms with E-state index in [2.05, 4.69) is 18.8 Å². The molecule has 13 heavy (non-hydrogen) atoms. The van der Waals surface area contributed by atoms with Crippen LogP contribution in [0.2, 0.25) is 0 Å². The molecule has 2 heteroatoms. The highest BCUT2D eigenvalue weighted by molar-refractivity contribution is 4.98. The molecule has 1 unspecified atom stereocenters. The molecule has 0 amide bonds. The Labute approximate surface area is 80.4 Å². The minimum absolute atomic E-state index is 0.551. The van der Waals surface area contributed by atoms with E-state index >= 15 is 0 Å². The maximum absolute atomic E-state index is 4.95. The first-order chi connectivity index (χ1) is 6.34. The number of rotatable bonds is 6. The molecular weight excluding hydrogens is 162 g/mol. The van der Waals surface area contributed by atoms with Crippen LogP contribution < -0.4 is 0 Å². The van der Waals surface area contributed by atoms with Gasteiger partial charge in [0.05, 0.1) is 5.69 Å². The fourth-order valence-corrected chi connectivity index (χ4v) is 1.49. The van der Waals surface area contributed by atoms with Crippen molar-refractivity contribution in [3.8, 4) is 0 Å². The second kappa shape index (κ2) is 5.79. The number of nitrogens with zero attached hydrogens (tertiary/aromatic N) is 1. The zero-order valence-electron chi connectivity index (χ0n) is 8.62. The number of hydrogen-bond acceptors (Lipinski definition) is 2. The molecule has 74 valence electrons. The van der Waals surface area contributed by atoms with E-state index in [0.29, 0.717) is 5.92 Å². The third kappa shape index (κ3) is 3.62. The zero-order valence-corrected chi connectivity index (χ0v) is 8.62. The molecule has 0 saturated carbocycles. The molecule has 0 aliphatic rings. The molecule has 0 saturated heterocycles. The molecule has 0 bridgehead atoms. The molecule has 1 heterocycles. The van der Waals surface area contributed by atoms with Crippen molar-refractivity contribution in [1.29, 1.82) is 0 Å². The molecule has 1 atom stereocenters. The van der Waals surface area contributed by atoms with Crippen molar-refractivity contribution in [3.05, 3.63) is 18.4 Å². The highest BCUT2D eigenvalue weighted by atomic mass is 16.3. The Morgan fingerprint density at radius 3 is 2.85 bits per heavy atom. The Morgan fingerprint density at radius 1 is 1.38 bits per heavy atom. The summed E-state index contributed by atoms with van der Waals surface area (Å²) in [5.41, 5.74) is 1.09. The summed E-state index contributed by atoms with van der Waals surface area (Å²) in [6.45, 7) is 4.45. The SMILES string of the molecule is CCCCCCC(C)c1cocn1. The van der Waals surface area contributed by atoms with Crippen LogP contribution in [0.1, 0.15) is 57.6 Å². The van der Waals surface area contributed by atoms with Crippen LogP contribution in [0.25, 0.3) is 0 Å². The molecule has 0 aliphatic heterocycles. The second-order valence-electron chi connectivity index (χ2n) is 3.66. The van der Waals surface area contributed by atoms with E-state index in [1.165, 1.54) is 38.5 Å². The summed E-state index contributed by atoms with van der Waals surface area (Å²) < 4.78 is 4.95. The van der Waals surface area contributed by atoms with Crippen molar-refractivity contribution in [2.45, 2.75) is 51.9 Å². The first-order valence-corrected chi connectivity index (χ1v) is 5.22. The molecule has 0 radical (unpaired) electrons. The van der Waals surface area contributed by atoms with Gasteiger partial charge in [-0.3, -0.25) is 0 Å². The van der Waals surface area contributed by atoms with Crippen molar-refractivity contribution >= 4 is 0 Å². The van der Waals surface area contributed by atoms with Crippen LogP contribution in [0.4, 0.5) is 0 Å². The van der Waals surface area contributed by atoms with Crippen LogP contribution in [0.15, 0.2) is 17.1 Å². The molecule has 0 spiro atoms. The summed E-state index contributed by atoms with van der Waals surface area (Å²) in [6, 6.07) is 0. The topological polar surface area (TPSA) is 26.0 Å². The lowest BCUT2D eigenvalue weighted by molar-refractivity contribution is 0.546. The fraction of sp³-hybridized carbons (Fsp3) is 0.727. The highest BCUT2D eigenvalue weighted by Crippen LogP contribution is 2.19. The highest BCUT2D eigenvalue weighted by Gasteiger charge is 2.07. The van der Waals surface area contributed by atoms with Crippen LogP contribution in [-0.2, 0) is 0 Å². The quantitative estimate of drug-likeness (QED) is 0.625. The van der Waals surface area contributed by atoms with Gasteiger partial charge in [0.15, 0.2) is 6.39 Å². The van der Waals surface area contributed by atoms with Gasteiger partial charge < -0.3 is 4.42 Å². The van der Waals surface area contributed by atoms with Crippen LogP contribution >= 0.6 is 0 Å². The van der Waals surface area contributed by atoms with E-state index in [4.69, 9.17) is 4.42 Å². The van der Waals surface area contributed by atoms with E-state index in [-0.39, 0.29) is 0 Å². The van der Waals surface area contributed by atoms with E-state index in [1.807, 2.05) is 0 Å². The van der Waals surface area contributed by atoms with Gasteiger partial charge >= 0.3 is 0 Å². The summed E-state index contributed by atoms with van der Waals surface area (Å²) >= 11 is 0. The number of aromatic nitrogens is 1. The Hall–Kier alpha value is -0.790. The maximum Gasteiger partial charge on any atom is 0.180 e. The lowest BCUT2D eigenvalue weighted by atomic mass is 10.0. The molecule has 0 aromatic carbocycles. The minimum Gasteiger partial charge on any atom is -0.451 e. The maximum atomic E-state index is 4.95. The third-order valence-electron chi connectivity index (χ3n) is 2.45. The normalized spacial score (nSPS) is 13.1. The van der Waals surface area contributed by atoms with Gasteiger partial charge in [-0.25, -0.2) is 4.98 Å². The summed E-state index contributed by atoms with van der Waals surface area (Å²) in [5, 5.41) is 0. The molecule has 1 rings (SSSR count). The Morgan fingerprint density at radius 2 is 2.23 bits per heavy atom. The van der Waals surface area contributed by atoms with E-state index in [0.717, 1.165) is 5.69 Å². The predicted molar refractivity (Wildman–Crippen MR) is 53.7 cm³/mol. The van der Waals surface area contributed by atoms with Gasteiger partial charge in [0.2, 0.25) is 0 Å². The van der Waals surface area contributed by atoms with E-state index < -0.39 is 0 Å². The monoisotopic (exact) mass is 181 g/mol. The number of unbranched alkanes of at least 4 members (excludes halogenated alkanes) is 3. The zero-order chi connectivity index (χ0) is 9.52. The van der Waals surface area contributed by atoms with Crippen molar-refractivity contribution in [2.24, 2.45) is 0 Å². The fourth-order valence-electron chi connectivity index (χ4n) is 1.49. The first-order valence-electron chi connectivity index (χ1n) is 5.22. The van der Waals surface area contributed by atoms with Crippen LogP contribution in [-0.4, -0.2) is 4.98 Å². The predicted octanol–water partition coefficient (Wildman–Crippen LogP) is 3.75. The van der Waals surface area contributed by atoms with Crippen LogP contribution in [0.3, 0.4) is 0 Å². The van der Waals surface area contributed by atoms with E-state index in [1.54, 1.807) is 6.26 Å². The smallest absolute Gasteiger partial charge is 0.180 e. The Kier molecular flexibility index (Phi) is 4.58. The molecular formula is C11H19NO. The average Bonchev–Trinajstić information content (AvgIpc) is 2.65. The lowest BCUT2D eigenvalue weighted by Gasteiger charge is -2.06. The lowest BCUT2D eigenvalue weighted by Crippen LogP contribution is -1.93. The molecule has 1 aromatic rings. The molecule has 0 aliphatic carbocycles. The first kappa shape index (κ1) is 10.3. The Balaban J connectivity index is 2.15. The molecule has 0 N–H and O–H groups in total. The van der Waals surface area contributed by atoms with Crippen molar-refractivity contribution in [3.63, 3.8) is 0 Å². The van der Waals surface area contributed by atoms with Gasteiger partial charge in [0.25, 0.3) is 0 Å². The van der Waals surface area contributed by atoms with Gasteiger partial charge in [0.1, 0.15) is 6.26 Å². The van der Waals surface area contributed by atoms with Gasteiger partial charge in [-0.1, -0.05) is 39.5 Å². The number of oxazole rings is 1. The van der Waals surface area contributed by atoms with Crippen LogP contribution in [0.5, 0.6) is 0 Å². The van der Waals surface area contributed by atoms with Gasteiger partial charge in [-0.15, -0.1) is 0 Å². The summed E-state index contributed by atoms with van der Waals surface area (Å²) in [5.74, 6) is 0.551. The minimum atomic E-state index is 0.551. The van der Waals surface area contributed by atoms with Crippen LogP contribution in [0, 0.1) is 0 Å². The van der Waals surface area contributed by atoms with E-state index in [9.17, 15) is 0 Å². The number of hydrogen-bond donors (Lipinski definition) is 0. The van der Waals surface area contributed by atoms with Gasteiger partial charge in [0, 0.05) is 5.92 Å². The molecule has 0 fully saturated rings. The summed E-state index contributed by atoms with van der Waals surface area (Å²) in [7, 11) is 0. The average molecular weight is 181 g/mol.